The fourth-order valence-electron chi connectivity index (χ4n) is 3.96. The molecule has 2 heterocycles. The van der Waals surface area contributed by atoms with Crippen molar-refractivity contribution in [2.45, 2.75) is 26.1 Å². The molecule has 0 bridgehead atoms. The van der Waals surface area contributed by atoms with E-state index < -0.39 is 17.5 Å². The molecule has 10 heteroatoms. The Labute approximate surface area is 212 Å². The average molecular weight is 510 g/mol. The van der Waals surface area contributed by atoms with Gasteiger partial charge in [0.25, 0.3) is 0 Å². The maximum Gasteiger partial charge on any atom is 0.416 e. The molecule has 0 saturated carbocycles. The Morgan fingerprint density at radius 1 is 1.05 bits per heavy atom. The van der Waals surface area contributed by atoms with Crippen molar-refractivity contribution in [3.05, 3.63) is 88.9 Å². The number of methoxy groups -OCH3 is 1. The van der Waals surface area contributed by atoms with Crippen LogP contribution in [0.5, 0.6) is 5.75 Å². The summed E-state index contributed by atoms with van der Waals surface area (Å²) in [6, 6.07) is 10.7. The van der Waals surface area contributed by atoms with Gasteiger partial charge in [0.05, 0.1) is 30.8 Å². The van der Waals surface area contributed by atoms with Crippen LogP contribution in [0.1, 0.15) is 32.6 Å². The van der Waals surface area contributed by atoms with Crippen LogP contribution < -0.4 is 4.74 Å². The van der Waals surface area contributed by atoms with Gasteiger partial charge in [0.1, 0.15) is 11.4 Å². The molecule has 4 aromatic rings. The number of carbonyl (C=O) groups excluding carboxylic acids is 1. The van der Waals surface area contributed by atoms with Gasteiger partial charge in [0.15, 0.2) is 5.78 Å². The minimum atomic E-state index is -4.54. The van der Waals surface area contributed by atoms with E-state index in [9.17, 15) is 18.0 Å². The minimum Gasteiger partial charge on any atom is -0.495 e. The van der Waals surface area contributed by atoms with Gasteiger partial charge in [-0.25, -0.2) is 4.68 Å². The molecule has 0 amide bonds. The first-order valence-electron chi connectivity index (χ1n) is 11.4. The first kappa shape index (κ1) is 26.0. The number of carbonyl (C=O) groups is 1. The highest BCUT2D eigenvalue weighted by atomic mass is 19.4. The van der Waals surface area contributed by atoms with Crippen molar-refractivity contribution in [3.8, 4) is 22.7 Å². The number of hydrogen-bond donors (Lipinski definition) is 0. The van der Waals surface area contributed by atoms with Crippen LogP contribution in [0.25, 0.3) is 16.9 Å². The first-order chi connectivity index (χ1) is 17.5. The van der Waals surface area contributed by atoms with E-state index in [1.165, 1.54) is 6.07 Å². The van der Waals surface area contributed by atoms with Crippen LogP contribution in [0, 0.1) is 6.92 Å². The zero-order chi connectivity index (χ0) is 26.7. The van der Waals surface area contributed by atoms with E-state index >= 15 is 0 Å². The summed E-state index contributed by atoms with van der Waals surface area (Å²) in [7, 11) is 5.07. The van der Waals surface area contributed by atoms with Gasteiger partial charge in [-0.05, 0) is 68.0 Å². The zero-order valence-electron chi connectivity index (χ0n) is 20.9. The Kier molecular flexibility index (Phi) is 7.40. The first-order valence-corrected chi connectivity index (χ1v) is 11.4. The number of nitrogens with zero attached hydrogens (tertiary/aromatic N) is 5. The lowest BCUT2D eigenvalue weighted by Crippen LogP contribution is -2.15. The van der Waals surface area contributed by atoms with E-state index in [1.54, 1.807) is 67.6 Å². The number of ether oxygens (including phenoxy) is 1. The molecule has 0 aliphatic carbocycles. The quantitative estimate of drug-likeness (QED) is 0.306. The minimum absolute atomic E-state index is 0.0300. The number of ketones is 1. The third-order valence-electron chi connectivity index (χ3n) is 5.76. The molecule has 7 nitrogen and oxygen atoms in total. The van der Waals surface area contributed by atoms with Crippen molar-refractivity contribution >= 4 is 5.78 Å². The standard InChI is InChI=1S/C27H26F3N5O2/c1-17-5-6-18(9-25(17)35-16-24(32-33-35)21-12-23(37-4)14-31-13-21)10-26(36)20-7-19(15-34(2)3)8-22(11-20)27(28,29)30/h5-9,11-14,16H,10,15H2,1-4H3. The molecular weight excluding hydrogens is 483 g/mol. The molecule has 0 aliphatic heterocycles. The lowest BCUT2D eigenvalue weighted by Gasteiger charge is -2.15. The van der Waals surface area contributed by atoms with Gasteiger partial charge >= 0.3 is 6.18 Å². The highest BCUT2D eigenvalue weighted by Gasteiger charge is 2.31. The number of Topliss-reactive ketones (excluding diaryl/α,β-unsaturated/α-hetero) is 1. The number of rotatable bonds is 8. The van der Waals surface area contributed by atoms with Crippen LogP contribution in [-0.4, -0.2) is 51.9 Å². The lowest BCUT2D eigenvalue weighted by atomic mass is 9.97. The number of halogens is 3. The number of aryl methyl sites for hydroxylation is 1. The Hall–Kier alpha value is -4.05. The number of pyridine rings is 1. The fourth-order valence-corrected chi connectivity index (χ4v) is 3.96. The maximum atomic E-state index is 13.5. The molecule has 0 radical (unpaired) electrons. The number of alkyl halides is 3. The van der Waals surface area contributed by atoms with E-state index in [4.69, 9.17) is 4.74 Å². The Balaban J connectivity index is 1.61. The Bertz CT molecular complexity index is 1430. The van der Waals surface area contributed by atoms with E-state index in [2.05, 4.69) is 15.3 Å². The van der Waals surface area contributed by atoms with Gasteiger partial charge in [-0.2, -0.15) is 13.2 Å². The highest BCUT2D eigenvalue weighted by Crippen LogP contribution is 2.31. The predicted octanol–water partition coefficient (Wildman–Crippen LogP) is 5.15. The highest BCUT2D eigenvalue weighted by molar-refractivity contribution is 5.98. The molecule has 192 valence electrons. The number of aromatic nitrogens is 4. The molecule has 0 unspecified atom stereocenters. The van der Waals surface area contributed by atoms with Gasteiger partial charge in [0, 0.05) is 30.3 Å². The van der Waals surface area contributed by atoms with Crippen molar-refractivity contribution in [3.63, 3.8) is 0 Å². The average Bonchev–Trinajstić information content (AvgIpc) is 3.34. The number of hydrogen-bond acceptors (Lipinski definition) is 6. The molecule has 0 atom stereocenters. The molecule has 37 heavy (non-hydrogen) atoms. The summed E-state index contributed by atoms with van der Waals surface area (Å²) in [5.74, 6) is 0.190. The second-order valence-electron chi connectivity index (χ2n) is 9.04. The molecule has 0 fully saturated rings. The summed E-state index contributed by atoms with van der Waals surface area (Å²) in [5.41, 5.74) is 3.19. The van der Waals surface area contributed by atoms with E-state index in [-0.39, 0.29) is 18.5 Å². The van der Waals surface area contributed by atoms with Crippen LogP contribution in [-0.2, 0) is 19.1 Å². The molecule has 2 aromatic carbocycles. The van der Waals surface area contributed by atoms with E-state index in [1.807, 2.05) is 13.0 Å². The van der Waals surface area contributed by atoms with E-state index in [0.29, 0.717) is 28.3 Å². The van der Waals surface area contributed by atoms with Gasteiger partial charge in [-0.3, -0.25) is 9.78 Å². The van der Waals surface area contributed by atoms with Crippen LogP contribution >= 0.6 is 0 Å². The second-order valence-corrected chi connectivity index (χ2v) is 9.04. The summed E-state index contributed by atoms with van der Waals surface area (Å²) in [5, 5.41) is 8.44. The van der Waals surface area contributed by atoms with Crippen molar-refractivity contribution in [2.75, 3.05) is 21.2 Å². The second kappa shape index (κ2) is 10.5. The SMILES string of the molecule is COc1cncc(-c2cn(-c3cc(CC(=O)c4cc(CN(C)C)cc(C(F)(F)F)c4)ccc3C)nn2)c1. The third-order valence-corrected chi connectivity index (χ3v) is 5.76. The fraction of sp³-hybridized carbons (Fsp3) is 0.259. The Morgan fingerprint density at radius 2 is 1.84 bits per heavy atom. The molecule has 0 aliphatic rings. The number of benzene rings is 2. The van der Waals surface area contributed by atoms with Crippen molar-refractivity contribution < 1.29 is 22.7 Å². The predicted molar refractivity (Wildman–Crippen MR) is 133 cm³/mol. The van der Waals surface area contributed by atoms with Crippen LogP contribution in [0.4, 0.5) is 13.2 Å². The normalized spacial score (nSPS) is 11.7. The summed E-state index contributed by atoms with van der Waals surface area (Å²) < 4.78 is 47.2. The Morgan fingerprint density at radius 3 is 2.54 bits per heavy atom. The van der Waals surface area contributed by atoms with Gasteiger partial charge in [0.2, 0.25) is 0 Å². The monoisotopic (exact) mass is 509 g/mol. The van der Waals surface area contributed by atoms with Crippen LogP contribution in [0.3, 0.4) is 0 Å². The molecule has 0 spiro atoms. The van der Waals surface area contributed by atoms with Crippen LogP contribution in [0.15, 0.2) is 61.1 Å². The molecule has 0 N–H and O–H groups in total. The lowest BCUT2D eigenvalue weighted by molar-refractivity contribution is -0.137. The van der Waals surface area contributed by atoms with Crippen molar-refractivity contribution in [2.24, 2.45) is 0 Å². The summed E-state index contributed by atoms with van der Waals surface area (Å²) in [6.45, 7) is 2.19. The van der Waals surface area contributed by atoms with Gasteiger partial charge in [-0.1, -0.05) is 17.3 Å². The topological polar surface area (TPSA) is 73.1 Å². The third kappa shape index (κ3) is 6.21. The van der Waals surface area contributed by atoms with Gasteiger partial charge < -0.3 is 9.64 Å². The maximum absolute atomic E-state index is 13.5. The molecule has 2 aromatic heterocycles. The van der Waals surface area contributed by atoms with Crippen molar-refractivity contribution in [1.82, 2.24) is 24.9 Å². The molecular formula is C27H26F3N5O2. The molecule has 0 saturated heterocycles. The largest absolute Gasteiger partial charge is 0.495 e. The summed E-state index contributed by atoms with van der Waals surface area (Å²) >= 11 is 0. The zero-order valence-corrected chi connectivity index (χ0v) is 20.9. The summed E-state index contributed by atoms with van der Waals surface area (Å²) in [6.07, 6.45) is 0.379. The van der Waals surface area contributed by atoms with E-state index in [0.717, 1.165) is 23.3 Å². The van der Waals surface area contributed by atoms with Crippen molar-refractivity contribution in [1.29, 1.82) is 0 Å². The smallest absolute Gasteiger partial charge is 0.416 e. The summed E-state index contributed by atoms with van der Waals surface area (Å²) in [4.78, 5) is 19.0. The molecule has 4 rings (SSSR count). The van der Waals surface area contributed by atoms with Crippen LogP contribution in [0.2, 0.25) is 0 Å². The van der Waals surface area contributed by atoms with Gasteiger partial charge in [-0.15, -0.1) is 5.10 Å².